The van der Waals surface area contributed by atoms with Gasteiger partial charge in [-0.3, -0.25) is 4.79 Å². The monoisotopic (exact) mass is 324 g/mol. The molecule has 0 saturated carbocycles. The fourth-order valence-electron chi connectivity index (χ4n) is 1.75. The molecule has 1 atom stereocenters. The third kappa shape index (κ3) is 4.19. The summed E-state index contributed by atoms with van der Waals surface area (Å²) in [6.45, 7) is 5.34. The van der Waals surface area contributed by atoms with Crippen LogP contribution in [0.15, 0.2) is 35.8 Å². The summed E-state index contributed by atoms with van der Waals surface area (Å²) in [4.78, 5) is 16.6. The minimum Gasteiger partial charge on any atom is -0.478 e. The lowest BCUT2D eigenvalue weighted by atomic mass is 10.1. The smallest absolute Gasteiger partial charge is 0.264 e. The van der Waals surface area contributed by atoms with Crippen molar-refractivity contribution in [1.29, 1.82) is 0 Å². The van der Waals surface area contributed by atoms with Crippen LogP contribution < -0.4 is 10.1 Å². The van der Waals surface area contributed by atoms with Crippen LogP contribution in [-0.4, -0.2) is 16.5 Å². The van der Waals surface area contributed by atoms with Crippen LogP contribution in [0.5, 0.6) is 5.75 Å². The van der Waals surface area contributed by atoms with Gasteiger partial charge in [0.15, 0.2) is 5.60 Å². The van der Waals surface area contributed by atoms with Gasteiger partial charge in [-0.1, -0.05) is 17.7 Å². The Morgan fingerprint density at radius 1 is 1.48 bits per heavy atom. The number of hydrogen-bond acceptors (Lipinski definition) is 4. The zero-order valence-corrected chi connectivity index (χ0v) is 13.7. The molecule has 4 nitrogen and oxygen atoms in total. The Bertz CT molecular complexity index is 614. The summed E-state index contributed by atoms with van der Waals surface area (Å²) in [6.07, 6.45) is 1.72. The summed E-state index contributed by atoms with van der Waals surface area (Å²) in [7, 11) is 0. The van der Waals surface area contributed by atoms with Gasteiger partial charge in [0.2, 0.25) is 0 Å². The van der Waals surface area contributed by atoms with Crippen molar-refractivity contribution in [1.82, 2.24) is 10.3 Å². The number of ether oxygens (including phenoxy) is 1. The summed E-state index contributed by atoms with van der Waals surface area (Å²) in [5.74, 6) is 0.356. The number of nitrogens with one attached hydrogen (secondary N) is 1. The van der Waals surface area contributed by atoms with Gasteiger partial charge >= 0.3 is 0 Å². The van der Waals surface area contributed by atoms with E-state index in [1.54, 1.807) is 44.3 Å². The van der Waals surface area contributed by atoms with Gasteiger partial charge in [-0.25, -0.2) is 4.98 Å². The highest BCUT2D eigenvalue weighted by Crippen LogP contribution is 2.23. The van der Waals surface area contributed by atoms with Crippen LogP contribution in [0, 0.1) is 0 Å². The number of hydrogen-bond donors (Lipinski definition) is 1. The standard InChI is InChI=1S/C15H17ClN2O2S/c1-10(13-17-7-8-21-13)18-14(19)15(2,3)20-12-6-4-5-11(16)9-12/h4-10H,1-3H3,(H,18,19)/t10-/m0/s1. The molecule has 0 saturated heterocycles. The SMILES string of the molecule is C[C@H](NC(=O)C(C)(C)Oc1cccc(Cl)c1)c1nccs1. The van der Waals surface area contributed by atoms with Gasteiger partial charge in [0.1, 0.15) is 10.8 Å². The molecule has 112 valence electrons. The van der Waals surface area contributed by atoms with E-state index in [4.69, 9.17) is 16.3 Å². The second-order valence-electron chi connectivity index (χ2n) is 5.14. The first-order valence-corrected chi connectivity index (χ1v) is 7.79. The molecule has 0 fully saturated rings. The molecule has 1 N–H and O–H groups in total. The Morgan fingerprint density at radius 3 is 2.86 bits per heavy atom. The molecular formula is C15H17ClN2O2S. The van der Waals surface area contributed by atoms with Gasteiger partial charge in [0, 0.05) is 16.6 Å². The average Bonchev–Trinajstić information content (AvgIpc) is 2.91. The maximum atomic E-state index is 12.4. The number of nitrogens with zero attached hydrogens (tertiary/aromatic N) is 1. The molecule has 2 rings (SSSR count). The van der Waals surface area contributed by atoms with Gasteiger partial charge in [-0.2, -0.15) is 0 Å². The number of halogens is 1. The van der Waals surface area contributed by atoms with Crippen molar-refractivity contribution in [2.45, 2.75) is 32.4 Å². The third-order valence-corrected chi connectivity index (χ3v) is 4.08. The van der Waals surface area contributed by atoms with Gasteiger partial charge in [0.25, 0.3) is 5.91 Å². The Labute approximate surface area is 133 Å². The van der Waals surface area contributed by atoms with Gasteiger partial charge < -0.3 is 10.1 Å². The highest BCUT2D eigenvalue weighted by molar-refractivity contribution is 7.09. The summed E-state index contributed by atoms with van der Waals surface area (Å²) in [5.41, 5.74) is -1.00. The maximum absolute atomic E-state index is 12.4. The molecule has 6 heteroatoms. The predicted octanol–water partition coefficient (Wildman–Crippen LogP) is 3.83. The van der Waals surface area contributed by atoms with Crippen LogP contribution >= 0.6 is 22.9 Å². The second-order valence-corrected chi connectivity index (χ2v) is 6.50. The van der Waals surface area contributed by atoms with Crippen LogP contribution in [0.25, 0.3) is 0 Å². The first kappa shape index (κ1) is 15.8. The molecule has 1 aromatic carbocycles. The quantitative estimate of drug-likeness (QED) is 0.909. The van der Waals surface area contributed by atoms with E-state index in [2.05, 4.69) is 10.3 Å². The number of aromatic nitrogens is 1. The van der Waals surface area contributed by atoms with E-state index in [9.17, 15) is 4.79 Å². The number of carbonyl (C=O) groups is 1. The predicted molar refractivity (Wildman–Crippen MR) is 84.8 cm³/mol. The molecule has 0 spiro atoms. The first-order valence-electron chi connectivity index (χ1n) is 6.53. The topological polar surface area (TPSA) is 51.2 Å². The molecule has 0 aliphatic heterocycles. The lowest BCUT2D eigenvalue weighted by Gasteiger charge is -2.26. The van der Waals surface area contributed by atoms with Crippen molar-refractivity contribution >= 4 is 28.8 Å². The lowest BCUT2D eigenvalue weighted by molar-refractivity contribution is -0.134. The number of thiazole rings is 1. The highest BCUT2D eigenvalue weighted by atomic mass is 35.5. The van der Waals surface area contributed by atoms with Crippen molar-refractivity contribution in [3.05, 3.63) is 45.9 Å². The Kier molecular flexibility index (Phi) is 4.85. The normalized spacial score (nSPS) is 12.8. The summed E-state index contributed by atoms with van der Waals surface area (Å²) in [6, 6.07) is 6.83. The van der Waals surface area contributed by atoms with Crippen LogP contribution in [0.4, 0.5) is 0 Å². The molecule has 0 unspecified atom stereocenters. The van der Waals surface area contributed by atoms with Crippen molar-refractivity contribution < 1.29 is 9.53 Å². The summed E-state index contributed by atoms with van der Waals surface area (Å²) >= 11 is 7.42. The number of rotatable bonds is 5. The Balaban J connectivity index is 2.03. The van der Waals surface area contributed by atoms with E-state index in [-0.39, 0.29) is 11.9 Å². The molecule has 0 aliphatic rings. The molecule has 0 aliphatic carbocycles. The summed E-state index contributed by atoms with van der Waals surface area (Å²) < 4.78 is 5.75. The zero-order valence-electron chi connectivity index (χ0n) is 12.1. The van der Waals surface area contributed by atoms with Crippen molar-refractivity contribution in [2.75, 3.05) is 0 Å². The number of amides is 1. The third-order valence-electron chi connectivity index (χ3n) is 2.89. The van der Waals surface area contributed by atoms with Gasteiger partial charge in [-0.15, -0.1) is 11.3 Å². The molecule has 2 aromatic rings. The van der Waals surface area contributed by atoms with Crippen LogP contribution in [0.2, 0.25) is 5.02 Å². The number of benzene rings is 1. The average molecular weight is 325 g/mol. The van der Waals surface area contributed by atoms with Crippen LogP contribution in [-0.2, 0) is 4.79 Å². The van der Waals surface area contributed by atoms with E-state index < -0.39 is 5.60 Å². The van der Waals surface area contributed by atoms with Crippen molar-refractivity contribution in [3.63, 3.8) is 0 Å². The van der Waals surface area contributed by atoms with Crippen LogP contribution in [0.1, 0.15) is 31.8 Å². The zero-order chi connectivity index (χ0) is 15.5. The maximum Gasteiger partial charge on any atom is 0.264 e. The fraction of sp³-hybridized carbons (Fsp3) is 0.333. The molecule has 1 amide bonds. The molecule has 1 aromatic heterocycles. The Hall–Kier alpha value is -1.59. The highest BCUT2D eigenvalue weighted by Gasteiger charge is 2.31. The largest absolute Gasteiger partial charge is 0.478 e. The number of carbonyl (C=O) groups excluding carboxylic acids is 1. The van der Waals surface area contributed by atoms with E-state index in [1.807, 2.05) is 12.3 Å². The molecular weight excluding hydrogens is 308 g/mol. The van der Waals surface area contributed by atoms with E-state index in [0.717, 1.165) is 5.01 Å². The molecule has 21 heavy (non-hydrogen) atoms. The lowest BCUT2D eigenvalue weighted by Crippen LogP contribution is -2.47. The first-order chi connectivity index (χ1) is 9.88. The van der Waals surface area contributed by atoms with Crippen molar-refractivity contribution in [2.24, 2.45) is 0 Å². The van der Waals surface area contributed by atoms with E-state index in [1.165, 1.54) is 11.3 Å². The fourth-order valence-corrected chi connectivity index (χ4v) is 2.58. The molecule has 0 bridgehead atoms. The van der Waals surface area contributed by atoms with Gasteiger partial charge in [0.05, 0.1) is 6.04 Å². The van der Waals surface area contributed by atoms with Crippen LogP contribution in [0.3, 0.4) is 0 Å². The Morgan fingerprint density at radius 2 is 2.24 bits per heavy atom. The minimum absolute atomic E-state index is 0.153. The van der Waals surface area contributed by atoms with E-state index in [0.29, 0.717) is 10.8 Å². The minimum atomic E-state index is -1.00. The molecule has 1 heterocycles. The van der Waals surface area contributed by atoms with Gasteiger partial charge in [-0.05, 0) is 39.0 Å². The van der Waals surface area contributed by atoms with Crippen molar-refractivity contribution in [3.8, 4) is 5.75 Å². The summed E-state index contributed by atoms with van der Waals surface area (Å²) in [5, 5.41) is 6.22. The van der Waals surface area contributed by atoms with E-state index >= 15 is 0 Å². The second kappa shape index (κ2) is 6.45. The molecule has 0 radical (unpaired) electrons.